The van der Waals surface area contributed by atoms with Gasteiger partial charge in [-0.05, 0) is 18.2 Å². The van der Waals surface area contributed by atoms with Crippen molar-refractivity contribution in [3.05, 3.63) is 36.3 Å². The molecule has 0 unspecified atom stereocenters. The van der Waals surface area contributed by atoms with E-state index >= 15 is 0 Å². The second kappa shape index (κ2) is 5.27. The molecule has 1 fully saturated rings. The number of amides is 1. The fourth-order valence-electron chi connectivity index (χ4n) is 2.61. The Labute approximate surface area is 126 Å². The van der Waals surface area contributed by atoms with E-state index < -0.39 is 0 Å². The first-order chi connectivity index (χ1) is 10.8. The van der Waals surface area contributed by atoms with Crippen LogP contribution in [0, 0.1) is 0 Å². The molecule has 0 aliphatic carbocycles. The molecule has 0 bridgehead atoms. The Hall–Kier alpha value is -2.67. The maximum absolute atomic E-state index is 12.5. The zero-order valence-electron chi connectivity index (χ0n) is 11.9. The molecule has 1 aliphatic rings. The lowest BCUT2D eigenvalue weighted by molar-refractivity contribution is 0.0299. The van der Waals surface area contributed by atoms with Crippen LogP contribution in [0.3, 0.4) is 0 Å². The molecule has 0 saturated carbocycles. The molecule has 22 heavy (non-hydrogen) atoms. The summed E-state index contributed by atoms with van der Waals surface area (Å²) in [4.78, 5) is 22.0. The number of aromatic nitrogens is 4. The molecular weight excluding hydrogens is 282 g/mol. The number of hydrogen-bond donors (Lipinski definition) is 2. The van der Waals surface area contributed by atoms with Gasteiger partial charge in [-0.3, -0.25) is 9.89 Å². The molecule has 4 rings (SSSR count). The van der Waals surface area contributed by atoms with Crippen LogP contribution in [0.1, 0.15) is 10.5 Å². The fraction of sp³-hybridized carbons (Fsp3) is 0.267. The van der Waals surface area contributed by atoms with Gasteiger partial charge in [0.15, 0.2) is 0 Å². The molecule has 0 radical (unpaired) electrons. The van der Waals surface area contributed by atoms with Gasteiger partial charge in [0, 0.05) is 30.2 Å². The predicted octanol–water partition coefficient (Wildman–Crippen LogP) is 1.43. The first-order valence-electron chi connectivity index (χ1n) is 7.17. The molecule has 1 aliphatic heterocycles. The third-order valence-electron chi connectivity index (χ3n) is 3.80. The van der Waals surface area contributed by atoms with Gasteiger partial charge in [0.05, 0.1) is 25.1 Å². The van der Waals surface area contributed by atoms with Crippen LogP contribution in [0.4, 0.5) is 0 Å². The van der Waals surface area contributed by atoms with Gasteiger partial charge >= 0.3 is 0 Å². The van der Waals surface area contributed by atoms with E-state index in [4.69, 9.17) is 4.74 Å². The largest absolute Gasteiger partial charge is 0.378 e. The summed E-state index contributed by atoms with van der Waals surface area (Å²) < 4.78 is 5.28. The van der Waals surface area contributed by atoms with E-state index in [1.54, 1.807) is 17.3 Å². The molecule has 112 valence electrons. The zero-order chi connectivity index (χ0) is 14.9. The SMILES string of the molecule is O=C(c1cc2ccc(-c3cn[nH]c3)nc2[nH]1)N1CCOCC1. The Morgan fingerprint density at radius 1 is 1.27 bits per heavy atom. The molecule has 1 amide bonds. The summed E-state index contributed by atoms with van der Waals surface area (Å²) in [6, 6.07) is 5.72. The third-order valence-corrected chi connectivity index (χ3v) is 3.80. The average Bonchev–Trinajstić information content (AvgIpc) is 3.23. The molecule has 7 nitrogen and oxygen atoms in total. The van der Waals surface area contributed by atoms with Crippen LogP contribution in [0.25, 0.3) is 22.3 Å². The number of pyridine rings is 1. The van der Waals surface area contributed by atoms with Gasteiger partial charge in [0.1, 0.15) is 11.3 Å². The van der Waals surface area contributed by atoms with Gasteiger partial charge in [0.25, 0.3) is 5.91 Å². The number of hydrogen-bond acceptors (Lipinski definition) is 4. The molecule has 0 atom stereocenters. The quantitative estimate of drug-likeness (QED) is 0.749. The molecule has 4 heterocycles. The molecule has 0 aromatic carbocycles. The molecule has 7 heteroatoms. The highest BCUT2D eigenvalue weighted by molar-refractivity contribution is 5.97. The van der Waals surface area contributed by atoms with E-state index in [-0.39, 0.29) is 5.91 Å². The second-order valence-corrected chi connectivity index (χ2v) is 5.21. The molecular formula is C15H15N5O2. The summed E-state index contributed by atoms with van der Waals surface area (Å²) in [5.41, 5.74) is 3.00. The number of ether oxygens (including phenoxy) is 1. The maximum Gasteiger partial charge on any atom is 0.270 e. The second-order valence-electron chi connectivity index (χ2n) is 5.21. The van der Waals surface area contributed by atoms with E-state index in [0.717, 1.165) is 16.6 Å². The number of carbonyl (C=O) groups is 1. The van der Waals surface area contributed by atoms with Crippen molar-refractivity contribution in [2.75, 3.05) is 26.3 Å². The van der Waals surface area contributed by atoms with Gasteiger partial charge in [-0.2, -0.15) is 5.10 Å². The van der Waals surface area contributed by atoms with Crippen LogP contribution in [0.2, 0.25) is 0 Å². The summed E-state index contributed by atoms with van der Waals surface area (Å²) in [6.07, 6.45) is 3.51. The molecule has 3 aromatic heterocycles. The number of fused-ring (bicyclic) bond motifs is 1. The molecule has 3 aromatic rings. The summed E-state index contributed by atoms with van der Waals surface area (Å²) in [7, 11) is 0. The van der Waals surface area contributed by atoms with Crippen molar-refractivity contribution >= 4 is 16.9 Å². The van der Waals surface area contributed by atoms with Crippen LogP contribution in [-0.2, 0) is 4.74 Å². The molecule has 1 saturated heterocycles. The predicted molar refractivity (Wildman–Crippen MR) is 80.4 cm³/mol. The van der Waals surface area contributed by atoms with Gasteiger partial charge in [0.2, 0.25) is 0 Å². The fourth-order valence-corrected chi connectivity index (χ4v) is 2.61. The number of aromatic amines is 2. The van der Waals surface area contributed by atoms with Crippen molar-refractivity contribution in [1.29, 1.82) is 0 Å². The van der Waals surface area contributed by atoms with Gasteiger partial charge in [-0.25, -0.2) is 4.98 Å². The van der Waals surface area contributed by atoms with E-state index in [1.807, 2.05) is 18.2 Å². The Balaban J connectivity index is 1.67. The number of nitrogens with one attached hydrogen (secondary N) is 2. The Kier molecular flexibility index (Phi) is 3.12. The van der Waals surface area contributed by atoms with E-state index in [9.17, 15) is 4.79 Å². The minimum absolute atomic E-state index is 0.00818. The van der Waals surface area contributed by atoms with Crippen molar-refractivity contribution in [1.82, 2.24) is 25.1 Å². The van der Waals surface area contributed by atoms with Crippen LogP contribution < -0.4 is 0 Å². The van der Waals surface area contributed by atoms with Crippen LogP contribution in [-0.4, -0.2) is 57.3 Å². The minimum Gasteiger partial charge on any atom is -0.378 e. The maximum atomic E-state index is 12.5. The van der Waals surface area contributed by atoms with E-state index in [1.165, 1.54) is 0 Å². The van der Waals surface area contributed by atoms with Crippen molar-refractivity contribution < 1.29 is 9.53 Å². The van der Waals surface area contributed by atoms with Crippen molar-refractivity contribution in [3.8, 4) is 11.3 Å². The first kappa shape index (κ1) is 13.0. The normalized spacial score (nSPS) is 15.4. The van der Waals surface area contributed by atoms with Crippen LogP contribution in [0.15, 0.2) is 30.6 Å². The number of nitrogens with zero attached hydrogens (tertiary/aromatic N) is 3. The Morgan fingerprint density at radius 3 is 2.91 bits per heavy atom. The standard InChI is InChI=1S/C15H15N5O2/c21-15(20-3-5-22-6-4-20)13-7-10-1-2-12(18-14(10)19-13)11-8-16-17-9-11/h1-2,7-9H,3-6H2,(H,16,17)(H,18,19). The highest BCUT2D eigenvalue weighted by Gasteiger charge is 2.20. The van der Waals surface area contributed by atoms with Gasteiger partial charge in [-0.1, -0.05) is 0 Å². The van der Waals surface area contributed by atoms with Crippen molar-refractivity contribution in [3.63, 3.8) is 0 Å². The molecule has 0 spiro atoms. The summed E-state index contributed by atoms with van der Waals surface area (Å²) in [6.45, 7) is 2.44. The lowest BCUT2D eigenvalue weighted by Gasteiger charge is -2.26. The Bertz CT molecular complexity index is 803. The third kappa shape index (κ3) is 2.25. The van der Waals surface area contributed by atoms with E-state index in [0.29, 0.717) is 37.6 Å². The molecule has 2 N–H and O–H groups in total. The monoisotopic (exact) mass is 297 g/mol. The zero-order valence-corrected chi connectivity index (χ0v) is 11.9. The van der Waals surface area contributed by atoms with Crippen LogP contribution in [0.5, 0.6) is 0 Å². The number of morpholine rings is 1. The average molecular weight is 297 g/mol. The van der Waals surface area contributed by atoms with Gasteiger partial charge < -0.3 is 14.6 Å². The number of rotatable bonds is 2. The lowest BCUT2D eigenvalue weighted by Crippen LogP contribution is -2.40. The highest BCUT2D eigenvalue weighted by atomic mass is 16.5. The first-order valence-corrected chi connectivity index (χ1v) is 7.17. The van der Waals surface area contributed by atoms with E-state index in [2.05, 4.69) is 20.2 Å². The summed E-state index contributed by atoms with van der Waals surface area (Å²) in [5.74, 6) is -0.00818. The Morgan fingerprint density at radius 2 is 2.14 bits per heavy atom. The summed E-state index contributed by atoms with van der Waals surface area (Å²) in [5, 5.41) is 7.62. The van der Waals surface area contributed by atoms with Crippen molar-refractivity contribution in [2.45, 2.75) is 0 Å². The highest BCUT2D eigenvalue weighted by Crippen LogP contribution is 2.21. The minimum atomic E-state index is -0.00818. The number of H-pyrrole nitrogens is 2. The van der Waals surface area contributed by atoms with Gasteiger partial charge in [-0.15, -0.1) is 0 Å². The van der Waals surface area contributed by atoms with Crippen molar-refractivity contribution in [2.24, 2.45) is 0 Å². The van der Waals surface area contributed by atoms with Crippen LogP contribution >= 0.6 is 0 Å². The number of carbonyl (C=O) groups excluding carboxylic acids is 1. The lowest BCUT2D eigenvalue weighted by atomic mass is 10.2. The smallest absolute Gasteiger partial charge is 0.270 e. The topological polar surface area (TPSA) is 86.9 Å². The summed E-state index contributed by atoms with van der Waals surface area (Å²) >= 11 is 0.